The van der Waals surface area contributed by atoms with Crippen molar-refractivity contribution in [3.05, 3.63) is 35.4 Å². The van der Waals surface area contributed by atoms with Crippen LogP contribution in [0.25, 0.3) is 0 Å². The van der Waals surface area contributed by atoms with Crippen molar-refractivity contribution in [1.29, 1.82) is 0 Å². The summed E-state index contributed by atoms with van der Waals surface area (Å²) in [4.78, 5) is 6.52. The Hall–Kier alpha value is -1.06. The number of allylic oxidation sites excluding steroid dienone is 1. The van der Waals surface area contributed by atoms with Gasteiger partial charge in [-0.3, -0.25) is 0 Å². The normalized spacial score (nSPS) is 22.5. The molecule has 0 saturated heterocycles. The predicted octanol–water partition coefficient (Wildman–Crippen LogP) is 5.18. The molecule has 0 fully saturated rings. The van der Waals surface area contributed by atoms with Gasteiger partial charge in [0.05, 0.1) is 14.1 Å². The number of hydrogen-bond acceptors (Lipinski definition) is 2. The zero-order chi connectivity index (χ0) is 16.8. The van der Waals surface area contributed by atoms with Gasteiger partial charge < -0.3 is 4.84 Å². The lowest BCUT2D eigenvalue weighted by molar-refractivity contribution is -0.130. The highest BCUT2D eigenvalue weighted by Crippen LogP contribution is 2.46. The summed E-state index contributed by atoms with van der Waals surface area (Å²) >= 11 is 0. The van der Waals surface area contributed by atoms with Crippen LogP contribution < -0.4 is 10.0 Å². The van der Waals surface area contributed by atoms with Crippen LogP contribution in [-0.4, -0.2) is 18.7 Å². The second kappa shape index (κ2) is 5.78. The van der Waals surface area contributed by atoms with Crippen LogP contribution in [0.1, 0.15) is 58.1 Å². The molecule has 1 aromatic carbocycles. The molecule has 3 heteroatoms. The monoisotopic (exact) mass is 329 g/mol. The van der Waals surface area contributed by atoms with E-state index in [4.69, 9.17) is 4.84 Å². The van der Waals surface area contributed by atoms with Crippen LogP contribution in [0, 0.1) is 0 Å². The van der Waals surface area contributed by atoms with Crippen LogP contribution >= 0.6 is 0 Å². The van der Waals surface area contributed by atoms with Gasteiger partial charge in [0.25, 0.3) is 0 Å². The average molecular weight is 330 g/mol. The lowest BCUT2D eigenvalue weighted by Crippen LogP contribution is -2.44. The van der Waals surface area contributed by atoms with E-state index in [2.05, 4.69) is 69.8 Å². The van der Waals surface area contributed by atoms with Crippen molar-refractivity contribution in [1.82, 2.24) is 5.06 Å². The molecule has 23 heavy (non-hydrogen) atoms. The van der Waals surface area contributed by atoms with Crippen LogP contribution in [-0.2, 0) is 0 Å². The minimum Gasteiger partial charge on any atom is -0.404 e. The van der Waals surface area contributed by atoms with Gasteiger partial charge in [0, 0.05) is 11.1 Å². The van der Waals surface area contributed by atoms with Crippen LogP contribution in [0.5, 0.6) is 5.75 Å². The van der Waals surface area contributed by atoms with Gasteiger partial charge in [0.1, 0.15) is 0 Å². The van der Waals surface area contributed by atoms with E-state index in [1.807, 2.05) is 0 Å². The summed E-state index contributed by atoms with van der Waals surface area (Å²) in [5.41, 5.74) is 2.92. The molecule has 3 rings (SSSR count). The first-order valence-corrected chi connectivity index (χ1v) is 12.5. The van der Waals surface area contributed by atoms with Gasteiger partial charge in [-0.25, -0.2) is 0 Å². The number of benzene rings is 1. The fraction of sp³-hybridized carbons (Fsp3) is 0.600. The van der Waals surface area contributed by atoms with Gasteiger partial charge in [-0.15, -0.1) is 5.06 Å². The maximum atomic E-state index is 6.52. The van der Waals surface area contributed by atoms with E-state index >= 15 is 0 Å². The van der Waals surface area contributed by atoms with E-state index in [0.29, 0.717) is 6.04 Å². The fourth-order valence-electron chi connectivity index (χ4n) is 3.73. The number of nitrogens with zero attached hydrogens (tertiary/aromatic N) is 1. The molecule has 0 saturated carbocycles. The van der Waals surface area contributed by atoms with Crippen LogP contribution in [0.3, 0.4) is 0 Å². The molecule has 1 atom stereocenters. The number of hydroxylamine groups is 2. The highest BCUT2D eigenvalue weighted by Gasteiger charge is 2.43. The highest BCUT2D eigenvalue weighted by molar-refractivity contribution is 6.89. The highest BCUT2D eigenvalue weighted by atomic mass is 28.3. The zero-order valence-corrected chi connectivity index (χ0v) is 16.6. The van der Waals surface area contributed by atoms with E-state index in [9.17, 15) is 0 Å². The Kier molecular flexibility index (Phi) is 4.22. The Morgan fingerprint density at radius 3 is 2.43 bits per heavy atom. The number of rotatable bonds is 2. The molecule has 1 aromatic rings. The SMILES string of the molecule is CC(C)(C)N1Oc2c(cccc2[Si](C)(C)C)C1C1=CCCCC1. The van der Waals surface area contributed by atoms with Gasteiger partial charge >= 0.3 is 0 Å². The topological polar surface area (TPSA) is 12.5 Å². The first kappa shape index (κ1) is 16.8. The summed E-state index contributed by atoms with van der Waals surface area (Å²) in [6.45, 7) is 14.0. The van der Waals surface area contributed by atoms with E-state index in [-0.39, 0.29) is 5.54 Å². The third-order valence-electron chi connectivity index (χ3n) is 4.91. The summed E-state index contributed by atoms with van der Waals surface area (Å²) in [6.07, 6.45) is 7.52. The van der Waals surface area contributed by atoms with Gasteiger partial charge in [-0.2, -0.15) is 0 Å². The summed E-state index contributed by atoms with van der Waals surface area (Å²) in [5, 5.41) is 3.70. The van der Waals surface area contributed by atoms with E-state index in [1.165, 1.54) is 36.4 Å². The van der Waals surface area contributed by atoms with E-state index < -0.39 is 8.07 Å². The van der Waals surface area contributed by atoms with Crippen molar-refractivity contribution in [2.24, 2.45) is 0 Å². The van der Waals surface area contributed by atoms with Crippen LogP contribution in [0.4, 0.5) is 0 Å². The largest absolute Gasteiger partial charge is 0.404 e. The molecule has 1 aliphatic heterocycles. The first-order valence-electron chi connectivity index (χ1n) is 8.99. The average Bonchev–Trinajstić information content (AvgIpc) is 2.86. The van der Waals surface area contributed by atoms with Gasteiger partial charge in [0.15, 0.2) is 5.75 Å². The van der Waals surface area contributed by atoms with Crippen LogP contribution in [0.15, 0.2) is 29.8 Å². The van der Waals surface area contributed by atoms with E-state index in [1.54, 1.807) is 5.57 Å². The lowest BCUT2D eigenvalue weighted by atomic mass is 9.88. The molecule has 0 spiro atoms. The summed E-state index contributed by atoms with van der Waals surface area (Å²) in [6, 6.07) is 7.09. The molecule has 0 radical (unpaired) electrons. The Bertz CT molecular complexity index is 622. The third kappa shape index (κ3) is 3.14. The molecule has 2 aliphatic rings. The van der Waals surface area contributed by atoms with Gasteiger partial charge in [0.2, 0.25) is 0 Å². The quantitative estimate of drug-likeness (QED) is 0.547. The molecule has 1 aliphatic carbocycles. The number of hydrogen-bond donors (Lipinski definition) is 0. The molecule has 1 unspecified atom stereocenters. The third-order valence-corrected chi connectivity index (χ3v) is 6.92. The zero-order valence-electron chi connectivity index (χ0n) is 15.6. The molecule has 0 bridgehead atoms. The fourth-order valence-corrected chi connectivity index (χ4v) is 5.19. The predicted molar refractivity (Wildman–Crippen MR) is 101 cm³/mol. The Labute approximate surface area is 142 Å². The number of para-hydroxylation sites is 1. The van der Waals surface area contributed by atoms with Gasteiger partial charge in [-0.05, 0) is 57.2 Å². The molecule has 0 amide bonds. The second-order valence-corrected chi connectivity index (χ2v) is 14.0. The van der Waals surface area contributed by atoms with Crippen molar-refractivity contribution >= 4 is 13.3 Å². The first-order chi connectivity index (χ1) is 10.7. The van der Waals surface area contributed by atoms with Crippen molar-refractivity contribution in [3.8, 4) is 5.75 Å². The molecule has 126 valence electrons. The Morgan fingerprint density at radius 1 is 1.13 bits per heavy atom. The van der Waals surface area contributed by atoms with Crippen LogP contribution in [0.2, 0.25) is 19.6 Å². The minimum absolute atomic E-state index is 0.0152. The minimum atomic E-state index is -1.43. The maximum absolute atomic E-state index is 6.52. The number of fused-ring (bicyclic) bond motifs is 1. The van der Waals surface area contributed by atoms with Crippen molar-refractivity contribution in [2.45, 2.75) is 77.7 Å². The smallest absolute Gasteiger partial charge is 0.152 e. The van der Waals surface area contributed by atoms with E-state index in [0.717, 1.165) is 5.75 Å². The van der Waals surface area contributed by atoms with Crippen molar-refractivity contribution < 1.29 is 4.84 Å². The summed E-state index contributed by atoms with van der Waals surface area (Å²) in [7, 11) is -1.43. The molecule has 0 aromatic heterocycles. The Morgan fingerprint density at radius 2 is 1.87 bits per heavy atom. The molecular formula is C20H31NOSi. The second-order valence-electron chi connectivity index (χ2n) is 8.99. The van der Waals surface area contributed by atoms with Crippen molar-refractivity contribution in [2.75, 3.05) is 0 Å². The summed E-state index contributed by atoms with van der Waals surface area (Å²) in [5.74, 6) is 1.15. The maximum Gasteiger partial charge on any atom is 0.152 e. The lowest BCUT2D eigenvalue weighted by Gasteiger charge is -2.36. The summed E-state index contributed by atoms with van der Waals surface area (Å²) < 4.78 is 0. The Balaban J connectivity index is 2.12. The standard InChI is InChI=1S/C20H31NOSi/c1-20(2,3)21-18(15-11-8-7-9-12-15)16-13-10-14-17(19(16)22-21)23(4,5)6/h10-11,13-14,18H,7-9,12H2,1-6H3. The van der Waals surface area contributed by atoms with Crippen molar-refractivity contribution in [3.63, 3.8) is 0 Å². The van der Waals surface area contributed by atoms with Gasteiger partial charge in [-0.1, -0.05) is 43.9 Å². The molecular weight excluding hydrogens is 298 g/mol. The molecule has 1 heterocycles. The molecule has 0 N–H and O–H groups in total. The molecule has 2 nitrogen and oxygen atoms in total.